The van der Waals surface area contributed by atoms with Crippen molar-refractivity contribution in [3.05, 3.63) is 0 Å². The molecule has 4 nitrogen and oxygen atoms in total. The van der Waals surface area contributed by atoms with Gasteiger partial charge in [-0.1, -0.05) is 13.8 Å². The second-order valence-corrected chi connectivity index (χ2v) is 5.50. The van der Waals surface area contributed by atoms with Gasteiger partial charge in [0.2, 0.25) is 5.91 Å². The number of carbonyl (C=O) groups is 1. The molecule has 17 heavy (non-hydrogen) atoms. The molecule has 0 bridgehead atoms. The maximum Gasteiger partial charge on any atom is 0.237 e. The van der Waals surface area contributed by atoms with Crippen LogP contribution in [0.2, 0.25) is 0 Å². The molecule has 100 valence electrons. The van der Waals surface area contributed by atoms with E-state index in [-0.39, 0.29) is 18.6 Å². The van der Waals surface area contributed by atoms with Gasteiger partial charge in [-0.05, 0) is 38.1 Å². The highest BCUT2D eigenvalue weighted by Gasteiger charge is 2.26. The maximum absolute atomic E-state index is 11.9. The first-order chi connectivity index (χ1) is 8.04. The molecule has 1 amide bonds. The van der Waals surface area contributed by atoms with Crippen LogP contribution in [0.5, 0.6) is 0 Å². The van der Waals surface area contributed by atoms with Gasteiger partial charge in [-0.3, -0.25) is 9.69 Å². The van der Waals surface area contributed by atoms with Crippen molar-refractivity contribution in [3.8, 4) is 0 Å². The third kappa shape index (κ3) is 4.64. The summed E-state index contributed by atoms with van der Waals surface area (Å²) in [6.07, 6.45) is 2.15. The van der Waals surface area contributed by atoms with Gasteiger partial charge in [0, 0.05) is 19.7 Å². The van der Waals surface area contributed by atoms with E-state index < -0.39 is 0 Å². The first-order valence-electron chi connectivity index (χ1n) is 6.67. The van der Waals surface area contributed by atoms with Crippen LogP contribution in [0, 0.1) is 11.8 Å². The zero-order valence-corrected chi connectivity index (χ0v) is 11.3. The zero-order valence-electron chi connectivity index (χ0n) is 11.3. The summed E-state index contributed by atoms with van der Waals surface area (Å²) in [5.41, 5.74) is 0. The number of nitrogens with one attached hydrogen (secondary N) is 1. The summed E-state index contributed by atoms with van der Waals surface area (Å²) in [6.45, 7) is 8.91. The molecule has 2 unspecified atom stereocenters. The lowest BCUT2D eigenvalue weighted by Gasteiger charge is -2.35. The third-order valence-electron chi connectivity index (χ3n) is 3.42. The fourth-order valence-electron chi connectivity index (χ4n) is 2.22. The zero-order chi connectivity index (χ0) is 12.8. The van der Waals surface area contributed by atoms with Crippen molar-refractivity contribution >= 4 is 5.91 Å². The normalized spacial score (nSPS) is 23.7. The number of aliphatic hydroxyl groups excluding tert-OH is 1. The fraction of sp³-hybridized carbons (Fsp3) is 0.923. The van der Waals surface area contributed by atoms with E-state index in [4.69, 9.17) is 0 Å². The molecule has 0 spiro atoms. The van der Waals surface area contributed by atoms with E-state index in [1.165, 1.54) is 0 Å². The lowest BCUT2D eigenvalue weighted by Crippen LogP contribution is -2.50. The van der Waals surface area contributed by atoms with Crippen molar-refractivity contribution in [1.29, 1.82) is 0 Å². The topological polar surface area (TPSA) is 52.6 Å². The molecule has 1 rings (SSSR count). The predicted octanol–water partition coefficient (Wildman–Crippen LogP) is 0.851. The second-order valence-electron chi connectivity index (χ2n) is 5.50. The van der Waals surface area contributed by atoms with Crippen LogP contribution >= 0.6 is 0 Å². The molecule has 1 fully saturated rings. The summed E-state index contributed by atoms with van der Waals surface area (Å²) >= 11 is 0. The predicted molar refractivity (Wildman–Crippen MR) is 68.7 cm³/mol. The molecule has 0 saturated carbocycles. The van der Waals surface area contributed by atoms with Crippen molar-refractivity contribution < 1.29 is 9.90 Å². The minimum absolute atomic E-state index is 0.0805. The van der Waals surface area contributed by atoms with Gasteiger partial charge in [-0.25, -0.2) is 0 Å². The molecular formula is C13H26N2O2. The van der Waals surface area contributed by atoms with Crippen LogP contribution < -0.4 is 5.32 Å². The fourth-order valence-corrected chi connectivity index (χ4v) is 2.22. The number of carbonyl (C=O) groups excluding carboxylic acids is 1. The molecule has 1 saturated heterocycles. The molecule has 0 aliphatic carbocycles. The van der Waals surface area contributed by atoms with Crippen LogP contribution in [0.3, 0.4) is 0 Å². The average molecular weight is 242 g/mol. The highest BCUT2D eigenvalue weighted by Crippen LogP contribution is 2.17. The first-order valence-corrected chi connectivity index (χ1v) is 6.67. The lowest BCUT2D eigenvalue weighted by atomic mass is 9.97. The van der Waals surface area contributed by atoms with E-state index in [2.05, 4.69) is 24.1 Å². The Morgan fingerprint density at radius 2 is 2.18 bits per heavy atom. The number of hydrogen-bond acceptors (Lipinski definition) is 3. The molecular weight excluding hydrogens is 216 g/mol. The molecule has 0 aromatic carbocycles. The van der Waals surface area contributed by atoms with E-state index in [1.807, 2.05) is 6.92 Å². The molecule has 0 aromatic heterocycles. The average Bonchev–Trinajstić information content (AvgIpc) is 2.35. The molecule has 1 heterocycles. The molecule has 4 heteroatoms. The van der Waals surface area contributed by atoms with Crippen LogP contribution in [0.1, 0.15) is 33.6 Å². The van der Waals surface area contributed by atoms with Gasteiger partial charge in [0.15, 0.2) is 0 Å². The van der Waals surface area contributed by atoms with E-state index in [0.29, 0.717) is 11.8 Å². The van der Waals surface area contributed by atoms with E-state index in [1.54, 1.807) is 0 Å². The standard InChI is InChI=1S/C13H26N2O2/c1-10(2)7-14-13(17)11(3)15-6-4-5-12(8-15)9-16/h10-12,16H,4-9H2,1-3H3,(H,14,17). The quantitative estimate of drug-likeness (QED) is 0.751. The highest BCUT2D eigenvalue weighted by molar-refractivity contribution is 5.81. The number of piperidine rings is 1. The Kier molecular flexibility index (Phi) is 5.92. The van der Waals surface area contributed by atoms with Gasteiger partial charge in [0.05, 0.1) is 6.04 Å². The first kappa shape index (κ1) is 14.5. The Bertz CT molecular complexity index is 244. The van der Waals surface area contributed by atoms with Crippen molar-refractivity contribution in [2.24, 2.45) is 11.8 Å². The van der Waals surface area contributed by atoms with E-state index >= 15 is 0 Å². The SMILES string of the molecule is CC(C)CNC(=O)C(C)N1CCCC(CO)C1. The Morgan fingerprint density at radius 1 is 1.47 bits per heavy atom. The highest BCUT2D eigenvalue weighted by atomic mass is 16.3. The monoisotopic (exact) mass is 242 g/mol. The summed E-state index contributed by atoms with van der Waals surface area (Å²) in [4.78, 5) is 14.1. The largest absolute Gasteiger partial charge is 0.396 e. The van der Waals surface area contributed by atoms with Crippen LogP contribution in [-0.2, 0) is 4.79 Å². The van der Waals surface area contributed by atoms with Crippen LogP contribution in [-0.4, -0.2) is 48.2 Å². The summed E-state index contributed by atoms with van der Waals surface area (Å²) in [6, 6.07) is -0.0805. The van der Waals surface area contributed by atoms with Crippen molar-refractivity contribution in [1.82, 2.24) is 10.2 Å². The van der Waals surface area contributed by atoms with Crippen molar-refractivity contribution in [3.63, 3.8) is 0 Å². The second kappa shape index (κ2) is 6.97. The van der Waals surface area contributed by atoms with E-state index in [9.17, 15) is 9.90 Å². The molecule has 0 aromatic rings. The Labute approximate surface area is 104 Å². The van der Waals surface area contributed by atoms with Gasteiger partial charge in [-0.2, -0.15) is 0 Å². The Morgan fingerprint density at radius 3 is 2.76 bits per heavy atom. The molecule has 2 atom stereocenters. The van der Waals surface area contributed by atoms with Crippen LogP contribution in [0.4, 0.5) is 0 Å². The molecule has 1 aliphatic rings. The van der Waals surface area contributed by atoms with Gasteiger partial charge in [0.1, 0.15) is 0 Å². The summed E-state index contributed by atoms with van der Waals surface area (Å²) < 4.78 is 0. The Balaban J connectivity index is 2.39. The minimum Gasteiger partial charge on any atom is -0.396 e. The number of nitrogens with zero attached hydrogens (tertiary/aromatic N) is 1. The van der Waals surface area contributed by atoms with Gasteiger partial charge < -0.3 is 10.4 Å². The molecule has 0 radical (unpaired) electrons. The van der Waals surface area contributed by atoms with Gasteiger partial charge in [-0.15, -0.1) is 0 Å². The number of likely N-dealkylation sites (tertiary alicyclic amines) is 1. The smallest absolute Gasteiger partial charge is 0.237 e. The van der Waals surface area contributed by atoms with E-state index in [0.717, 1.165) is 32.5 Å². The molecule has 2 N–H and O–H groups in total. The summed E-state index contributed by atoms with van der Waals surface area (Å²) in [7, 11) is 0. The van der Waals surface area contributed by atoms with Crippen molar-refractivity contribution in [2.45, 2.75) is 39.7 Å². The van der Waals surface area contributed by atoms with Crippen LogP contribution in [0.25, 0.3) is 0 Å². The Hall–Kier alpha value is -0.610. The molecule has 1 aliphatic heterocycles. The number of aliphatic hydroxyl groups is 1. The summed E-state index contributed by atoms with van der Waals surface area (Å²) in [5, 5.41) is 12.1. The lowest BCUT2D eigenvalue weighted by molar-refractivity contribution is -0.126. The number of hydrogen-bond donors (Lipinski definition) is 2. The van der Waals surface area contributed by atoms with Gasteiger partial charge >= 0.3 is 0 Å². The summed E-state index contributed by atoms with van der Waals surface area (Å²) in [5.74, 6) is 0.930. The van der Waals surface area contributed by atoms with Gasteiger partial charge in [0.25, 0.3) is 0 Å². The number of amides is 1. The minimum atomic E-state index is -0.0805. The van der Waals surface area contributed by atoms with Crippen LogP contribution in [0.15, 0.2) is 0 Å². The maximum atomic E-state index is 11.9. The van der Waals surface area contributed by atoms with Crippen molar-refractivity contribution in [2.75, 3.05) is 26.2 Å². The number of rotatable bonds is 5. The third-order valence-corrected chi connectivity index (χ3v) is 3.42.